The highest BCUT2D eigenvalue weighted by molar-refractivity contribution is 6.26. The highest BCUT2D eigenvalue weighted by Gasteiger charge is 2.40. The highest BCUT2D eigenvalue weighted by Crippen LogP contribution is 2.29. The summed E-state index contributed by atoms with van der Waals surface area (Å²) in [6, 6.07) is -0.960. The molecule has 0 aromatic carbocycles. The molecule has 1 heterocycles. The van der Waals surface area contributed by atoms with Gasteiger partial charge in [0.2, 0.25) is 0 Å². The first-order valence-corrected chi connectivity index (χ1v) is 10.4. The van der Waals surface area contributed by atoms with Crippen LogP contribution in [0, 0.1) is 0 Å². The van der Waals surface area contributed by atoms with Crippen molar-refractivity contribution in [1.82, 2.24) is 4.90 Å². The van der Waals surface area contributed by atoms with Crippen molar-refractivity contribution < 1.29 is 14.4 Å². The Morgan fingerprint density at radius 1 is 0.692 bits per heavy atom. The van der Waals surface area contributed by atoms with Gasteiger partial charge in [0.05, 0.1) is 0 Å². The van der Waals surface area contributed by atoms with Crippen LogP contribution in [0.3, 0.4) is 0 Å². The number of amides is 4. The predicted molar refractivity (Wildman–Crippen MR) is 104 cm³/mol. The van der Waals surface area contributed by atoms with Gasteiger partial charge >= 0.3 is 6.03 Å². The molecule has 0 saturated carbocycles. The zero-order valence-corrected chi connectivity index (χ0v) is 16.6. The average Bonchev–Trinajstić information content (AvgIpc) is 2.84. The number of hydrogen-bond acceptors (Lipinski definition) is 3. The molecule has 0 aromatic rings. The number of rotatable bonds is 14. The molecule has 0 fully saturated rings. The van der Waals surface area contributed by atoms with E-state index in [0.29, 0.717) is 28.9 Å². The summed E-state index contributed by atoms with van der Waals surface area (Å²) in [5, 5.41) is 0. The van der Waals surface area contributed by atoms with E-state index in [9.17, 15) is 14.4 Å². The minimum absolute atomic E-state index is 0.489. The van der Waals surface area contributed by atoms with Gasteiger partial charge < -0.3 is 5.73 Å². The molecule has 0 atom stereocenters. The summed E-state index contributed by atoms with van der Waals surface area (Å²) >= 11 is 0. The van der Waals surface area contributed by atoms with E-state index in [1.165, 1.54) is 38.5 Å². The maximum absolute atomic E-state index is 12.5. The number of imide groups is 3. The molecule has 5 nitrogen and oxygen atoms in total. The molecule has 0 aromatic heterocycles. The Morgan fingerprint density at radius 2 is 1.04 bits per heavy atom. The smallest absolute Gasteiger partial charge is 0.328 e. The first-order valence-electron chi connectivity index (χ1n) is 10.4. The molecule has 1 rings (SSSR count). The van der Waals surface area contributed by atoms with E-state index in [0.717, 1.165) is 38.5 Å². The molecule has 0 unspecified atom stereocenters. The van der Waals surface area contributed by atoms with Crippen LogP contribution in [0.25, 0.3) is 0 Å². The predicted octanol–water partition coefficient (Wildman–Crippen LogP) is 5.23. The average molecular weight is 365 g/mol. The van der Waals surface area contributed by atoms with Crippen molar-refractivity contribution in [2.45, 2.75) is 104 Å². The lowest BCUT2D eigenvalue weighted by atomic mass is 9.98. The zero-order valence-electron chi connectivity index (χ0n) is 16.6. The van der Waals surface area contributed by atoms with E-state index in [4.69, 9.17) is 5.73 Å². The lowest BCUT2D eigenvalue weighted by Gasteiger charge is -2.09. The molecule has 1 aliphatic rings. The maximum atomic E-state index is 12.5. The van der Waals surface area contributed by atoms with Gasteiger partial charge in [0.1, 0.15) is 0 Å². The Bertz CT molecular complexity index is 473. The van der Waals surface area contributed by atoms with Crippen LogP contribution >= 0.6 is 0 Å². The van der Waals surface area contributed by atoms with Crippen LogP contribution in [0.2, 0.25) is 0 Å². The van der Waals surface area contributed by atoms with Gasteiger partial charge in [-0.2, -0.15) is 4.90 Å². The number of urea groups is 1. The van der Waals surface area contributed by atoms with Gasteiger partial charge in [-0.05, 0) is 25.7 Å². The third kappa shape index (κ3) is 6.93. The summed E-state index contributed by atoms with van der Waals surface area (Å²) in [6.07, 6.45) is 14.6. The number of nitrogens with two attached hydrogens (primary N) is 1. The van der Waals surface area contributed by atoms with Crippen molar-refractivity contribution in [2.24, 2.45) is 5.73 Å². The number of primary amides is 1. The summed E-state index contributed by atoms with van der Waals surface area (Å²) in [6.45, 7) is 4.36. The van der Waals surface area contributed by atoms with Crippen LogP contribution < -0.4 is 5.73 Å². The van der Waals surface area contributed by atoms with E-state index in [1.54, 1.807) is 0 Å². The van der Waals surface area contributed by atoms with Gasteiger partial charge in [0, 0.05) is 11.1 Å². The second-order valence-electron chi connectivity index (χ2n) is 7.28. The van der Waals surface area contributed by atoms with Crippen LogP contribution in [-0.4, -0.2) is 22.7 Å². The maximum Gasteiger partial charge on any atom is 0.328 e. The van der Waals surface area contributed by atoms with Gasteiger partial charge in [0.25, 0.3) is 11.8 Å². The van der Waals surface area contributed by atoms with Crippen LogP contribution in [0.4, 0.5) is 4.79 Å². The minimum Gasteiger partial charge on any atom is -0.351 e. The Balaban J connectivity index is 2.59. The molecule has 0 aliphatic carbocycles. The fourth-order valence-electron chi connectivity index (χ4n) is 3.50. The molecular weight excluding hydrogens is 328 g/mol. The molecule has 0 saturated heterocycles. The van der Waals surface area contributed by atoms with Gasteiger partial charge in [-0.3, -0.25) is 9.59 Å². The van der Waals surface area contributed by atoms with Crippen LogP contribution in [-0.2, 0) is 9.59 Å². The molecule has 148 valence electrons. The summed E-state index contributed by atoms with van der Waals surface area (Å²) in [5.74, 6) is -0.978. The summed E-state index contributed by atoms with van der Waals surface area (Å²) < 4.78 is 0. The molecule has 0 radical (unpaired) electrons. The fourth-order valence-corrected chi connectivity index (χ4v) is 3.50. The van der Waals surface area contributed by atoms with Crippen LogP contribution in [0.5, 0.6) is 0 Å². The lowest BCUT2D eigenvalue weighted by molar-refractivity contribution is -0.133. The van der Waals surface area contributed by atoms with E-state index >= 15 is 0 Å². The van der Waals surface area contributed by atoms with E-state index in [-0.39, 0.29) is 0 Å². The molecule has 26 heavy (non-hydrogen) atoms. The van der Waals surface area contributed by atoms with Gasteiger partial charge in [-0.25, -0.2) is 4.79 Å². The minimum atomic E-state index is -0.960. The van der Waals surface area contributed by atoms with Crippen molar-refractivity contribution in [2.75, 3.05) is 0 Å². The second kappa shape index (κ2) is 12.7. The highest BCUT2D eigenvalue weighted by atomic mass is 16.2. The second-order valence-corrected chi connectivity index (χ2v) is 7.28. The first-order chi connectivity index (χ1) is 12.5. The molecule has 5 heteroatoms. The molecule has 0 bridgehead atoms. The molecule has 2 N–H and O–H groups in total. The fraction of sp³-hybridized carbons (Fsp3) is 0.762. The van der Waals surface area contributed by atoms with Gasteiger partial charge in [-0.15, -0.1) is 0 Å². The van der Waals surface area contributed by atoms with Crippen LogP contribution in [0.15, 0.2) is 11.1 Å². The van der Waals surface area contributed by atoms with Crippen molar-refractivity contribution >= 4 is 17.8 Å². The Hall–Kier alpha value is -1.65. The SMILES string of the molecule is CCCCCCCCC1=C(CCCCCCCC)C(=O)N(C(N)=O)C1=O. The van der Waals surface area contributed by atoms with Crippen molar-refractivity contribution in [1.29, 1.82) is 0 Å². The summed E-state index contributed by atoms with van der Waals surface area (Å²) in [7, 11) is 0. The quantitative estimate of drug-likeness (QED) is 0.338. The topological polar surface area (TPSA) is 80.5 Å². The van der Waals surface area contributed by atoms with Gasteiger partial charge in [0.15, 0.2) is 0 Å². The lowest BCUT2D eigenvalue weighted by Crippen LogP contribution is -2.41. The number of unbranched alkanes of at least 4 members (excludes halogenated alkanes) is 10. The Morgan fingerprint density at radius 3 is 1.38 bits per heavy atom. The number of hydrogen-bond donors (Lipinski definition) is 1. The van der Waals surface area contributed by atoms with Crippen molar-refractivity contribution in [3.8, 4) is 0 Å². The zero-order chi connectivity index (χ0) is 19.4. The summed E-state index contributed by atoms with van der Waals surface area (Å²) in [5.41, 5.74) is 6.29. The third-order valence-corrected chi connectivity index (χ3v) is 5.07. The molecule has 1 aliphatic heterocycles. The first kappa shape index (κ1) is 22.4. The largest absolute Gasteiger partial charge is 0.351 e. The normalized spacial score (nSPS) is 14.6. The molecule has 0 spiro atoms. The van der Waals surface area contributed by atoms with Crippen molar-refractivity contribution in [3.63, 3.8) is 0 Å². The molecular formula is C21H36N2O3. The monoisotopic (exact) mass is 364 g/mol. The molecule has 4 amide bonds. The standard InChI is InChI=1S/C21H36N2O3/c1-3-5-7-9-11-13-15-17-18(16-14-12-10-8-6-4-2)20(25)23(19(17)24)21(22)26/h3-16H2,1-2H3,(H2,22,26). The third-order valence-electron chi connectivity index (χ3n) is 5.07. The van der Waals surface area contributed by atoms with E-state index < -0.39 is 17.8 Å². The summed E-state index contributed by atoms with van der Waals surface area (Å²) in [4.78, 5) is 37.0. The van der Waals surface area contributed by atoms with Crippen molar-refractivity contribution in [3.05, 3.63) is 11.1 Å². The van der Waals surface area contributed by atoms with Gasteiger partial charge in [-0.1, -0.05) is 78.1 Å². The Labute approximate surface area is 158 Å². The van der Waals surface area contributed by atoms with E-state index in [2.05, 4.69) is 13.8 Å². The van der Waals surface area contributed by atoms with Crippen LogP contribution in [0.1, 0.15) is 104 Å². The number of nitrogens with zero attached hydrogens (tertiary/aromatic N) is 1. The Kier molecular flexibility index (Phi) is 10.9. The number of carbonyl (C=O) groups excluding carboxylic acids is 3. The number of carbonyl (C=O) groups is 3. The van der Waals surface area contributed by atoms with E-state index in [1.807, 2.05) is 0 Å².